The number of nitrogens with one attached hydrogen (secondary N) is 2. The number of hydrogen-bond donors (Lipinski definition) is 2. The molecule has 2 heterocycles. The van der Waals surface area contributed by atoms with Gasteiger partial charge in [0.2, 0.25) is 5.91 Å². The molecule has 35 heavy (non-hydrogen) atoms. The number of carbonyl (C=O) groups is 1. The van der Waals surface area contributed by atoms with Crippen molar-refractivity contribution in [2.24, 2.45) is 0 Å². The molecule has 172 valence electrons. The van der Waals surface area contributed by atoms with Crippen molar-refractivity contribution >= 4 is 45.9 Å². The third-order valence-corrected chi connectivity index (χ3v) is 6.78. The molecule has 0 radical (unpaired) electrons. The second kappa shape index (κ2) is 9.66. The van der Waals surface area contributed by atoms with Crippen LogP contribution < -0.4 is 5.32 Å². The Bertz CT molecular complexity index is 1550. The zero-order valence-corrected chi connectivity index (χ0v) is 20.1. The smallest absolute Gasteiger partial charge is 0.237 e. The number of nitriles is 1. The van der Waals surface area contributed by atoms with Crippen LogP contribution >= 0.6 is 23.4 Å². The summed E-state index contributed by atoms with van der Waals surface area (Å²) in [5, 5.41) is 22.6. The summed E-state index contributed by atoms with van der Waals surface area (Å²) in [4.78, 5) is 16.2. The number of anilines is 1. The van der Waals surface area contributed by atoms with Crippen molar-refractivity contribution in [1.82, 2.24) is 19.7 Å². The Labute approximate surface area is 210 Å². The molecule has 0 spiro atoms. The van der Waals surface area contributed by atoms with Gasteiger partial charge in [-0.1, -0.05) is 41.6 Å². The minimum atomic E-state index is -0.461. The van der Waals surface area contributed by atoms with E-state index in [1.54, 1.807) is 24.3 Å². The molecule has 0 fully saturated rings. The SMILES string of the molecule is C[C@H](Sc1nnc(-c2c[nH]c3ccccc23)n1-c1ccc(Cl)cc1)C(=O)Nc1ccc(C#N)cc1. The number of rotatable bonds is 6. The highest BCUT2D eigenvalue weighted by molar-refractivity contribution is 8.00. The summed E-state index contributed by atoms with van der Waals surface area (Å²) >= 11 is 7.44. The van der Waals surface area contributed by atoms with E-state index in [2.05, 4.69) is 26.6 Å². The number of nitrogens with zero attached hydrogens (tertiary/aromatic N) is 4. The molecule has 0 saturated heterocycles. The molecule has 1 amide bonds. The molecule has 7 nitrogen and oxygen atoms in total. The molecule has 2 N–H and O–H groups in total. The molecule has 0 aliphatic carbocycles. The van der Waals surface area contributed by atoms with Crippen LogP contribution in [0.4, 0.5) is 5.69 Å². The number of para-hydroxylation sites is 1. The van der Waals surface area contributed by atoms with Crippen molar-refractivity contribution < 1.29 is 4.79 Å². The molecule has 9 heteroatoms. The summed E-state index contributed by atoms with van der Waals surface area (Å²) in [5.41, 5.74) is 3.90. The van der Waals surface area contributed by atoms with Crippen LogP contribution in [-0.4, -0.2) is 30.9 Å². The van der Waals surface area contributed by atoms with E-state index in [0.717, 1.165) is 22.2 Å². The van der Waals surface area contributed by atoms with Crippen molar-refractivity contribution in [1.29, 1.82) is 5.26 Å². The first kappa shape index (κ1) is 22.7. The van der Waals surface area contributed by atoms with Crippen molar-refractivity contribution in [3.63, 3.8) is 0 Å². The number of hydrogen-bond acceptors (Lipinski definition) is 5. The van der Waals surface area contributed by atoms with Gasteiger partial charge >= 0.3 is 0 Å². The fourth-order valence-electron chi connectivity index (χ4n) is 3.68. The van der Waals surface area contributed by atoms with E-state index in [-0.39, 0.29) is 5.91 Å². The normalized spacial score (nSPS) is 11.8. The van der Waals surface area contributed by atoms with Gasteiger partial charge in [-0.05, 0) is 61.5 Å². The Morgan fingerprint density at radius 3 is 2.57 bits per heavy atom. The van der Waals surface area contributed by atoms with E-state index in [9.17, 15) is 4.79 Å². The third-order valence-electron chi connectivity index (χ3n) is 5.48. The first-order chi connectivity index (χ1) is 17.0. The molecule has 0 bridgehead atoms. The molecule has 5 rings (SSSR count). The van der Waals surface area contributed by atoms with Crippen LogP contribution in [0.5, 0.6) is 0 Å². The lowest BCUT2D eigenvalue weighted by Gasteiger charge is -2.14. The zero-order valence-electron chi connectivity index (χ0n) is 18.6. The fourth-order valence-corrected chi connectivity index (χ4v) is 4.68. The Kier molecular flexibility index (Phi) is 6.27. The molecule has 1 atom stereocenters. The largest absolute Gasteiger partial charge is 0.360 e. The maximum absolute atomic E-state index is 12.9. The van der Waals surface area contributed by atoms with Gasteiger partial charge in [0.15, 0.2) is 11.0 Å². The first-order valence-corrected chi connectivity index (χ1v) is 12.0. The number of amides is 1. The minimum absolute atomic E-state index is 0.181. The quantitative estimate of drug-likeness (QED) is 0.277. The van der Waals surface area contributed by atoms with E-state index < -0.39 is 5.25 Å². The van der Waals surface area contributed by atoms with Crippen molar-refractivity contribution in [2.75, 3.05) is 5.32 Å². The number of halogens is 1. The van der Waals surface area contributed by atoms with E-state index in [0.29, 0.717) is 27.3 Å². The van der Waals surface area contributed by atoms with E-state index in [1.807, 2.05) is 66.2 Å². The summed E-state index contributed by atoms with van der Waals surface area (Å²) in [7, 11) is 0. The summed E-state index contributed by atoms with van der Waals surface area (Å²) in [6, 6.07) is 24.2. The zero-order chi connectivity index (χ0) is 24.4. The second-order valence-corrected chi connectivity index (χ2v) is 9.55. The minimum Gasteiger partial charge on any atom is -0.360 e. The summed E-state index contributed by atoms with van der Waals surface area (Å²) < 4.78 is 1.93. The molecule has 0 unspecified atom stereocenters. The average molecular weight is 499 g/mol. The van der Waals surface area contributed by atoms with E-state index in [1.165, 1.54) is 11.8 Å². The summed E-state index contributed by atoms with van der Waals surface area (Å²) in [6.07, 6.45) is 1.91. The maximum Gasteiger partial charge on any atom is 0.237 e. The average Bonchev–Trinajstić information content (AvgIpc) is 3.49. The molecular weight excluding hydrogens is 480 g/mol. The highest BCUT2D eigenvalue weighted by Gasteiger charge is 2.23. The van der Waals surface area contributed by atoms with Gasteiger partial charge in [0.05, 0.1) is 16.9 Å². The topological polar surface area (TPSA) is 99.4 Å². The number of aromatic nitrogens is 4. The predicted octanol–water partition coefficient (Wildman–Crippen LogP) is 6.06. The Morgan fingerprint density at radius 2 is 1.83 bits per heavy atom. The van der Waals surface area contributed by atoms with Crippen LogP contribution in [0.15, 0.2) is 84.1 Å². The Balaban J connectivity index is 1.48. The van der Waals surface area contributed by atoms with Gasteiger partial charge in [-0.25, -0.2) is 0 Å². The molecule has 0 saturated carbocycles. The van der Waals surface area contributed by atoms with Crippen LogP contribution in [-0.2, 0) is 4.79 Å². The van der Waals surface area contributed by atoms with E-state index >= 15 is 0 Å². The predicted molar refractivity (Wildman–Crippen MR) is 139 cm³/mol. The Morgan fingerprint density at radius 1 is 1.09 bits per heavy atom. The number of carbonyl (C=O) groups excluding carboxylic acids is 1. The lowest BCUT2D eigenvalue weighted by Crippen LogP contribution is -2.22. The third kappa shape index (κ3) is 4.64. The summed E-state index contributed by atoms with van der Waals surface area (Å²) in [6.45, 7) is 1.82. The second-order valence-electron chi connectivity index (χ2n) is 7.80. The lowest BCUT2D eigenvalue weighted by atomic mass is 10.1. The van der Waals surface area contributed by atoms with Crippen molar-refractivity contribution in [3.05, 3.63) is 89.6 Å². The van der Waals surface area contributed by atoms with Gasteiger partial charge < -0.3 is 10.3 Å². The van der Waals surface area contributed by atoms with Crippen molar-refractivity contribution in [3.8, 4) is 23.1 Å². The highest BCUT2D eigenvalue weighted by Crippen LogP contribution is 2.34. The van der Waals surface area contributed by atoms with E-state index in [4.69, 9.17) is 16.9 Å². The molecular formula is C26H19ClN6OS. The number of fused-ring (bicyclic) bond motifs is 1. The van der Waals surface area contributed by atoms with Gasteiger partial charge in [-0.2, -0.15) is 5.26 Å². The highest BCUT2D eigenvalue weighted by atomic mass is 35.5. The van der Waals surface area contributed by atoms with Crippen LogP contribution in [0.25, 0.3) is 28.0 Å². The van der Waals surface area contributed by atoms with Gasteiger partial charge in [0.1, 0.15) is 0 Å². The van der Waals surface area contributed by atoms with Crippen LogP contribution in [0.2, 0.25) is 5.02 Å². The lowest BCUT2D eigenvalue weighted by molar-refractivity contribution is -0.115. The Hall–Kier alpha value is -4.06. The van der Waals surface area contributed by atoms with Crippen molar-refractivity contribution in [2.45, 2.75) is 17.3 Å². The van der Waals surface area contributed by atoms with Gasteiger partial charge in [-0.15, -0.1) is 10.2 Å². The number of thioether (sulfide) groups is 1. The van der Waals surface area contributed by atoms with Gasteiger partial charge in [-0.3, -0.25) is 9.36 Å². The molecule has 2 aromatic heterocycles. The fraction of sp³-hybridized carbons (Fsp3) is 0.0769. The van der Waals surface area contributed by atoms with Gasteiger partial charge in [0.25, 0.3) is 0 Å². The maximum atomic E-state index is 12.9. The molecule has 5 aromatic rings. The van der Waals surface area contributed by atoms with Crippen LogP contribution in [0.3, 0.4) is 0 Å². The number of H-pyrrole nitrogens is 1. The summed E-state index contributed by atoms with van der Waals surface area (Å²) in [5.74, 6) is 0.478. The van der Waals surface area contributed by atoms with Gasteiger partial charge in [0, 0.05) is 39.1 Å². The number of aromatic amines is 1. The molecule has 0 aliphatic heterocycles. The monoisotopic (exact) mass is 498 g/mol. The van der Waals surface area contributed by atoms with Crippen LogP contribution in [0.1, 0.15) is 12.5 Å². The van der Waals surface area contributed by atoms with Crippen LogP contribution in [0, 0.1) is 11.3 Å². The molecule has 3 aromatic carbocycles. The molecule has 0 aliphatic rings. The first-order valence-electron chi connectivity index (χ1n) is 10.8. The number of benzene rings is 3. The standard InChI is InChI=1S/C26H19ClN6OS/c1-16(25(34)30-19-10-6-17(14-28)7-11-19)35-26-32-31-24(33(26)20-12-8-18(27)9-13-20)22-15-29-23-5-3-2-4-21(22)23/h2-13,15-16,29H,1H3,(H,30,34)/t16-/m0/s1.